The highest BCUT2D eigenvalue weighted by Crippen LogP contribution is 2.13. The van der Waals surface area contributed by atoms with Crippen LogP contribution in [0.5, 0.6) is 5.88 Å². The van der Waals surface area contributed by atoms with E-state index in [0.717, 1.165) is 16.7 Å². The van der Waals surface area contributed by atoms with E-state index in [1.807, 2.05) is 44.2 Å². The first-order valence-corrected chi connectivity index (χ1v) is 8.49. The molecule has 0 unspecified atom stereocenters. The molecular weight excluding hydrogens is 332 g/mol. The third-order valence-corrected chi connectivity index (χ3v) is 3.59. The van der Waals surface area contributed by atoms with Crippen molar-refractivity contribution >= 4 is 11.9 Å². The Morgan fingerprint density at radius 1 is 1.04 bits per heavy atom. The Morgan fingerprint density at radius 3 is 2.54 bits per heavy atom. The summed E-state index contributed by atoms with van der Waals surface area (Å²) >= 11 is 0. The fraction of sp³-hybridized carbons (Fsp3) is 0.316. The summed E-state index contributed by atoms with van der Waals surface area (Å²) in [5, 5.41) is 7.98. The number of hydrogen-bond acceptors (Lipinski definition) is 4. The summed E-state index contributed by atoms with van der Waals surface area (Å²) in [4.78, 5) is 27.8. The van der Waals surface area contributed by atoms with Crippen LogP contribution in [-0.2, 0) is 17.9 Å². The van der Waals surface area contributed by atoms with Gasteiger partial charge in [-0.1, -0.05) is 35.9 Å². The van der Waals surface area contributed by atoms with Gasteiger partial charge in [0.25, 0.3) is 0 Å². The molecule has 26 heavy (non-hydrogen) atoms. The zero-order chi connectivity index (χ0) is 18.8. The second-order valence-electron chi connectivity index (χ2n) is 5.70. The topological polar surface area (TPSA) is 92.3 Å². The monoisotopic (exact) mass is 356 g/mol. The van der Waals surface area contributed by atoms with Crippen LogP contribution in [0, 0.1) is 6.92 Å². The number of rotatable bonds is 8. The maximum Gasteiger partial charge on any atom is 0.315 e. The molecule has 7 heteroatoms. The number of carbonyl (C=O) groups is 2. The molecular formula is C19H24N4O3. The van der Waals surface area contributed by atoms with Crippen molar-refractivity contribution < 1.29 is 14.3 Å². The number of urea groups is 1. The normalized spacial score (nSPS) is 10.1. The number of nitrogens with zero attached hydrogens (tertiary/aromatic N) is 1. The first-order valence-electron chi connectivity index (χ1n) is 8.49. The van der Waals surface area contributed by atoms with Gasteiger partial charge in [-0.05, 0) is 25.5 Å². The quantitative estimate of drug-likeness (QED) is 0.674. The second-order valence-corrected chi connectivity index (χ2v) is 5.70. The van der Waals surface area contributed by atoms with E-state index in [4.69, 9.17) is 4.74 Å². The van der Waals surface area contributed by atoms with Crippen molar-refractivity contribution in [2.24, 2.45) is 0 Å². The van der Waals surface area contributed by atoms with Crippen molar-refractivity contribution in [2.45, 2.75) is 26.9 Å². The first kappa shape index (κ1) is 19.2. The van der Waals surface area contributed by atoms with E-state index in [9.17, 15) is 9.59 Å². The van der Waals surface area contributed by atoms with Gasteiger partial charge in [0, 0.05) is 24.8 Å². The number of nitrogens with one attached hydrogen (secondary N) is 3. The van der Waals surface area contributed by atoms with Crippen molar-refractivity contribution in [1.82, 2.24) is 20.9 Å². The van der Waals surface area contributed by atoms with Crippen molar-refractivity contribution in [3.63, 3.8) is 0 Å². The van der Waals surface area contributed by atoms with Crippen LogP contribution in [0.1, 0.15) is 23.6 Å². The molecule has 2 aromatic rings. The third-order valence-electron chi connectivity index (χ3n) is 3.59. The lowest BCUT2D eigenvalue weighted by Gasteiger charge is -2.11. The molecule has 0 aliphatic rings. The summed E-state index contributed by atoms with van der Waals surface area (Å²) in [6, 6.07) is 11.1. The zero-order valence-electron chi connectivity index (χ0n) is 15.0. The number of carbonyl (C=O) groups excluding carboxylic acids is 2. The molecule has 0 bridgehead atoms. The summed E-state index contributed by atoms with van der Waals surface area (Å²) in [6.07, 6.45) is 1.64. The Labute approximate surface area is 153 Å². The van der Waals surface area contributed by atoms with Crippen LogP contribution in [0.2, 0.25) is 0 Å². The molecule has 0 radical (unpaired) electrons. The summed E-state index contributed by atoms with van der Waals surface area (Å²) in [6.45, 7) is 4.96. The van der Waals surface area contributed by atoms with Gasteiger partial charge in [-0.15, -0.1) is 0 Å². The predicted molar refractivity (Wildman–Crippen MR) is 98.7 cm³/mol. The molecule has 1 aromatic carbocycles. The highest BCUT2D eigenvalue weighted by molar-refractivity contribution is 5.83. The number of amides is 3. The molecule has 7 nitrogen and oxygen atoms in total. The molecule has 0 spiro atoms. The van der Waals surface area contributed by atoms with Crippen molar-refractivity contribution in [3.8, 4) is 5.88 Å². The predicted octanol–water partition coefficient (Wildman–Crippen LogP) is 1.90. The van der Waals surface area contributed by atoms with Gasteiger partial charge in [-0.2, -0.15) is 0 Å². The molecule has 0 aliphatic heterocycles. The molecule has 138 valence electrons. The Morgan fingerprint density at radius 2 is 1.81 bits per heavy atom. The van der Waals surface area contributed by atoms with E-state index in [0.29, 0.717) is 19.0 Å². The van der Waals surface area contributed by atoms with Gasteiger partial charge in [0.05, 0.1) is 13.2 Å². The van der Waals surface area contributed by atoms with Gasteiger partial charge >= 0.3 is 6.03 Å². The molecule has 3 N–H and O–H groups in total. The van der Waals surface area contributed by atoms with Crippen molar-refractivity contribution in [1.29, 1.82) is 0 Å². The van der Waals surface area contributed by atoms with Crippen LogP contribution in [-0.4, -0.2) is 30.1 Å². The Balaban J connectivity index is 1.69. The SMILES string of the molecule is CCOc1ncccc1CNC(=O)CNC(=O)NCc1ccc(C)cc1. The van der Waals surface area contributed by atoms with Gasteiger partial charge in [-0.25, -0.2) is 9.78 Å². The van der Waals surface area contributed by atoms with E-state index >= 15 is 0 Å². The highest BCUT2D eigenvalue weighted by atomic mass is 16.5. The minimum Gasteiger partial charge on any atom is -0.478 e. The molecule has 1 aromatic heterocycles. The van der Waals surface area contributed by atoms with E-state index in [1.54, 1.807) is 12.3 Å². The van der Waals surface area contributed by atoms with Crippen LogP contribution >= 0.6 is 0 Å². The maximum atomic E-state index is 11.9. The van der Waals surface area contributed by atoms with Crippen LogP contribution < -0.4 is 20.7 Å². The van der Waals surface area contributed by atoms with E-state index in [-0.39, 0.29) is 19.0 Å². The number of hydrogen-bond donors (Lipinski definition) is 3. The largest absolute Gasteiger partial charge is 0.478 e. The number of benzene rings is 1. The summed E-state index contributed by atoms with van der Waals surface area (Å²) in [5.74, 6) is 0.209. The average Bonchev–Trinajstić information content (AvgIpc) is 2.65. The maximum absolute atomic E-state index is 11.9. The summed E-state index contributed by atoms with van der Waals surface area (Å²) in [7, 11) is 0. The van der Waals surface area contributed by atoms with Crippen molar-refractivity contribution in [3.05, 3.63) is 59.3 Å². The number of aromatic nitrogens is 1. The molecule has 0 fully saturated rings. The smallest absolute Gasteiger partial charge is 0.315 e. The average molecular weight is 356 g/mol. The standard InChI is InChI=1S/C19H24N4O3/c1-3-26-18-16(5-4-10-20-18)12-21-17(24)13-23-19(25)22-11-15-8-6-14(2)7-9-15/h4-10H,3,11-13H2,1-2H3,(H,21,24)(H2,22,23,25). The lowest BCUT2D eigenvalue weighted by Crippen LogP contribution is -2.41. The van der Waals surface area contributed by atoms with Crippen LogP contribution in [0.3, 0.4) is 0 Å². The molecule has 3 amide bonds. The van der Waals surface area contributed by atoms with Crippen LogP contribution in [0.15, 0.2) is 42.6 Å². The fourth-order valence-electron chi connectivity index (χ4n) is 2.19. The molecule has 0 atom stereocenters. The number of ether oxygens (including phenoxy) is 1. The van der Waals surface area contributed by atoms with E-state index in [2.05, 4.69) is 20.9 Å². The minimum atomic E-state index is -0.392. The molecule has 0 aliphatic carbocycles. The van der Waals surface area contributed by atoms with Crippen molar-refractivity contribution in [2.75, 3.05) is 13.2 Å². The van der Waals surface area contributed by atoms with Crippen LogP contribution in [0.4, 0.5) is 4.79 Å². The molecule has 0 saturated heterocycles. The van der Waals surface area contributed by atoms with Gasteiger partial charge < -0.3 is 20.7 Å². The number of pyridine rings is 1. The highest BCUT2D eigenvalue weighted by Gasteiger charge is 2.08. The Hall–Kier alpha value is -3.09. The minimum absolute atomic E-state index is 0.107. The van der Waals surface area contributed by atoms with Crippen LogP contribution in [0.25, 0.3) is 0 Å². The first-order chi connectivity index (χ1) is 12.6. The summed E-state index contributed by atoms with van der Waals surface area (Å²) in [5.41, 5.74) is 2.94. The van der Waals surface area contributed by atoms with E-state index < -0.39 is 6.03 Å². The molecule has 0 saturated carbocycles. The lowest BCUT2D eigenvalue weighted by atomic mass is 10.1. The lowest BCUT2D eigenvalue weighted by molar-refractivity contribution is -0.120. The zero-order valence-corrected chi connectivity index (χ0v) is 15.0. The third kappa shape index (κ3) is 6.43. The number of aryl methyl sites for hydroxylation is 1. The fourth-order valence-corrected chi connectivity index (χ4v) is 2.19. The second kappa shape index (κ2) is 10.0. The Bertz CT molecular complexity index is 732. The molecule has 1 heterocycles. The van der Waals surface area contributed by atoms with Gasteiger partial charge in [0.2, 0.25) is 11.8 Å². The van der Waals surface area contributed by atoms with E-state index in [1.165, 1.54) is 0 Å². The molecule has 2 rings (SSSR count). The van der Waals surface area contributed by atoms with Gasteiger partial charge in [0.15, 0.2) is 0 Å². The van der Waals surface area contributed by atoms with Gasteiger partial charge in [0.1, 0.15) is 0 Å². The van der Waals surface area contributed by atoms with Gasteiger partial charge in [-0.3, -0.25) is 4.79 Å². The summed E-state index contributed by atoms with van der Waals surface area (Å²) < 4.78 is 5.41. The Kier molecular flexibility index (Phi) is 7.42.